The van der Waals surface area contributed by atoms with Gasteiger partial charge in [-0.3, -0.25) is 9.59 Å². The van der Waals surface area contributed by atoms with Crippen molar-refractivity contribution in [2.24, 2.45) is 0 Å². The van der Waals surface area contributed by atoms with Gasteiger partial charge in [0.05, 0.1) is 17.1 Å². The van der Waals surface area contributed by atoms with Crippen molar-refractivity contribution < 1.29 is 14.7 Å². The lowest BCUT2D eigenvalue weighted by atomic mass is 9.98. The van der Waals surface area contributed by atoms with Crippen LogP contribution in [0, 0.1) is 13.8 Å². The van der Waals surface area contributed by atoms with Gasteiger partial charge >= 0.3 is 5.97 Å². The number of rotatable bonds is 4. The quantitative estimate of drug-likeness (QED) is 0.909. The van der Waals surface area contributed by atoms with Crippen LogP contribution in [0.4, 0.5) is 0 Å². The number of carbonyl (C=O) groups is 2. The van der Waals surface area contributed by atoms with E-state index in [1.165, 1.54) is 16.2 Å². The van der Waals surface area contributed by atoms with Gasteiger partial charge in [-0.15, -0.1) is 11.3 Å². The van der Waals surface area contributed by atoms with Crippen molar-refractivity contribution in [2.75, 3.05) is 7.05 Å². The van der Waals surface area contributed by atoms with Crippen LogP contribution in [-0.4, -0.2) is 39.5 Å². The Hall–Kier alpha value is -1.43. The van der Waals surface area contributed by atoms with Crippen LogP contribution in [-0.2, 0) is 4.79 Å². The zero-order valence-electron chi connectivity index (χ0n) is 11.3. The molecule has 0 aliphatic rings. The number of carboxylic acids is 1. The second-order valence-corrected chi connectivity index (χ2v) is 6.10. The second kappa shape index (κ2) is 5.06. The first-order valence-electron chi connectivity index (χ1n) is 5.59. The number of amides is 1. The molecule has 0 aromatic carbocycles. The predicted octanol–water partition coefficient (Wildman–Crippen LogP) is 2.09. The molecule has 1 N–H and O–H groups in total. The normalized spacial score (nSPS) is 11.4. The Balaban J connectivity index is 2.97. The van der Waals surface area contributed by atoms with Gasteiger partial charge in [0, 0.05) is 12.6 Å². The van der Waals surface area contributed by atoms with Crippen molar-refractivity contribution in [3.8, 4) is 0 Å². The van der Waals surface area contributed by atoms with Crippen LogP contribution < -0.4 is 0 Å². The van der Waals surface area contributed by atoms with Crippen molar-refractivity contribution >= 4 is 23.2 Å². The van der Waals surface area contributed by atoms with E-state index in [9.17, 15) is 9.59 Å². The average Bonchev–Trinajstić information content (AvgIpc) is 2.53. The van der Waals surface area contributed by atoms with E-state index in [0.29, 0.717) is 10.6 Å². The highest BCUT2D eigenvalue weighted by atomic mass is 32.1. The summed E-state index contributed by atoms with van der Waals surface area (Å²) in [6.45, 7) is 7.11. The van der Waals surface area contributed by atoms with Gasteiger partial charge in [0.25, 0.3) is 5.91 Å². The Morgan fingerprint density at radius 2 is 1.94 bits per heavy atom. The monoisotopic (exact) mass is 270 g/mol. The molecule has 6 heteroatoms. The molecule has 0 bridgehead atoms. The van der Waals surface area contributed by atoms with Crippen LogP contribution >= 0.6 is 11.3 Å². The molecule has 0 saturated heterocycles. The zero-order chi connectivity index (χ0) is 14.1. The Bertz CT molecular complexity index is 480. The molecule has 0 saturated carbocycles. The minimum absolute atomic E-state index is 0.0912. The third-order valence-corrected chi connectivity index (χ3v) is 3.96. The van der Waals surface area contributed by atoms with E-state index in [4.69, 9.17) is 5.11 Å². The lowest BCUT2D eigenvalue weighted by Gasteiger charge is -2.34. The summed E-state index contributed by atoms with van der Waals surface area (Å²) in [6.07, 6.45) is -0.0912. The predicted molar refractivity (Wildman–Crippen MR) is 70.0 cm³/mol. The SMILES string of the molecule is Cc1nc(C)c(C(=O)N(C)C(C)(C)CC(=O)O)s1. The molecular formula is C12H18N2O3S. The van der Waals surface area contributed by atoms with Crippen LogP contribution in [0.3, 0.4) is 0 Å². The van der Waals surface area contributed by atoms with Gasteiger partial charge in [-0.1, -0.05) is 0 Å². The van der Waals surface area contributed by atoms with E-state index >= 15 is 0 Å². The standard InChI is InChI=1S/C12H18N2O3S/c1-7-10(18-8(2)13-7)11(17)14(5)12(3,4)6-9(15)16/h6H2,1-5H3,(H,15,16). The van der Waals surface area contributed by atoms with E-state index in [0.717, 1.165) is 5.01 Å². The van der Waals surface area contributed by atoms with E-state index in [-0.39, 0.29) is 12.3 Å². The number of carbonyl (C=O) groups excluding carboxylic acids is 1. The number of nitrogens with zero attached hydrogens (tertiary/aromatic N) is 2. The molecule has 0 atom stereocenters. The number of aromatic nitrogens is 1. The molecule has 5 nitrogen and oxygen atoms in total. The van der Waals surface area contributed by atoms with E-state index in [1.807, 2.05) is 6.92 Å². The lowest BCUT2D eigenvalue weighted by Crippen LogP contribution is -2.46. The minimum Gasteiger partial charge on any atom is -0.481 e. The molecule has 1 aromatic heterocycles. The lowest BCUT2D eigenvalue weighted by molar-refractivity contribution is -0.139. The molecule has 100 valence electrons. The molecule has 0 aliphatic carbocycles. The van der Waals surface area contributed by atoms with Crippen LogP contribution in [0.1, 0.15) is 40.6 Å². The van der Waals surface area contributed by atoms with Crippen LogP contribution in [0.15, 0.2) is 0 Å². The number of hydrogen-bond donors (Lipinski definition) is 1. The second-order valence-electron chi connectivity index (χ2n) is 4.89. The maximum Gasteiger partial charge on any atom is 0.305 e. The van der Waals surface area contributed by atoms with Gasteiger partial charge in [0.15, 0.2) is 0 Å². The average molecular weight is 270 g/mol. The Morgan fingerprint density at radius 3 is 2.33 bits per heavy atom. The van der Waals surface area contributed by atoms with Crippen LogP contribution in [0.25, 0.3) is 0 Å². The highest BCUT2D eigenvalue weighted by molar-refractivity contribution is 7.13. The van der Waals surface area contributed by atoms with Crippen LogP contribution in [0.2, 0.25) is 0 Å². The smallest absolute Gasteiger partial charge is 0.305 e. The summed E-state index contributed by atoms with van der Waals surface area (Å²) in [5, 5.41) is 9.69. The number of aliphatic carboxylic acids is 1. The van der Waals surface area contributed by atoms with Gasteiger partial charge < -0.3 is 10.0 Å². The molecular weight excluding hydrogens is 252 g/mol. The first-order chi connectivity index (χ1) is 8.15. The summed E-state index contributed by atoms with van der Waals surface area (Å²) >= 11 is 1.34. The Labute approximate surface area is 110 Å². The molecule has 0 radical (unpaired) electrons. The van der Waals surface area contributed by atoms with Gasteiger partial charge in [-0.05, 0) is 27.7 Å². The van der Waals surface area contributed by atoms with Gasteiger partial charge in [0.1, 0.15) is 4.88 Å². The number of aryl methyl sites for hydroxylation is 2. The van der Waals surface area contributed by atoms with E-state index in [1.54, 1.807) is 27.8 Å². The fourth-order valence-electron chi connectivity index (χ4n) is 1.65. The molecule has 0 unspecified atom stereocenters. The molecule has 18 heavy (non-hydrogen) atoms. The fraction of sp³-hybridized carbons (Fsp3) is 0.583. The van der Waals surface area contributed by atoms with Crippen LogP contribution in [0.5, 0.6) is 0 Å². The maximum atomic E-state index is 12.3. The van der Waals surface area contributed by atoms with Gasteiger partial charge in [0.2, 0.25) is 0 Å². The van der Waals surface area contributed by atoms with Crippen molar-refractivity contribution in [3.63, 3.8) is 0 Å². The summed E-state index contributed by atoms with van der Waals surface area (Å²) in [4.78, 5) is 29.4. The number of hydrogen-bond acceptors (Lipinski definition) is 4. The summed E-state index contributed by atoms with van der Waals surface area (Å²) in [5.41, 5.74) is -0.0340. The van der Waals surface area contributed by atoms with Crippen molar-refractivity contribution in [3.05, 3.63) is 15.6 Å². The third-order valence-electron chi connectivity index (χ3n) is 2.89. The summed E-state index contributed by atoms with van der Waals surface area (Å²) in [7, 11) is 1.62. The summed E-state index contributed by atoms with van der Waals surface area (Å²) in [5.74, 6) is -1.10. The fourth-order valence-corrected chi connectivity index (χ4v) is 2.54. The topological polar surface area (TPSA) is 70.5 Å². The maximum absolute atomic E-state index is 12.3. The summed E-state index contributed by atoms with van der Waals surface area (Å²) < 4.78 is 0. The highest BCUT2D eigenvalue weighted by Crippen LogP contribution is 2.24. The number of thiazole rings is 1. The number of carboxylic acid groups (broad SMARTS) is 1. The molecule has 0 spiro atoms. The highest BCUT2D eigenvalue weighted by Gasteiger charge is 2.32. The third kappa shape index (κ3) is 3.07. The summed E-state index contributed by atoms with van der Waals surface area (Å²) in [6, 6.07) is 0. The van der Waals surface area contributed by atoms with Crippen molar-refractivity contribution in [2.45, 2.75) is 39.7 Å². The van der Waals surface area contributed by atoms with Gasteiger partial charge in [-0.25, -0.2) is 4.98 Å². The molecule has 0 aliphatic heterocycles. The van der Waals surface area contributed by atoms with E-state index < -0.39 is 11.5 Å². The van der Waals surface area contributed by atoms with E-state index in [2.05, 4.69) is 4.98 Å². The van der Waals surface area contributed by atoms with Crippen molar-refractivity contribution in [1.82, 2.24) is 9.88 Å². The first-order valence-corrected chi connectivity index (χ1v) is 6.41. The Morgan fingerprint density at radius 1 is 1.39 bits per heavy atom. The Kier molecular flexibility index (Phi) is 4.11. The largest absolute Gasteiger partial charge is 0.481 e. The minimum atomic E-state index is -0.920. The first kappa shape index (κ1) is 14.6. The molecule has 1 heterocycles. The molecule has 1 rings (SSSR count). The molecule has 0 fully saturated rings. The molecule has 1 aromatic rings. The molecule has 1 amide bonds. The zero-order valence-corrected chi connectivity index (χ0v) is 12.1. The van der Waals surface area contributed by atoms with Gasteiger partial charge in [-0.2, -0.15) is 0 Å². The van der Waals surface area contributed by atoms with Crippen molar-refractivity contribution in [1.29, 1.82) is 0 Å².